The van der Waals surface area contributed by atoms with E-state index in [0.29, 0.717) is 30.2 Å². The third-order valence-corrected chi connectivity index (χ3v) is 4.51. The molecule has 2 aromatic rings. The van der Waals surface area contributed by atoms with Crippen LogP contribution in [0, 0.1) is 0 Å². The predicted octanol–water partition coefficient (Wildman–Crippen LogP) is 3.19. The first-order valence-corrected chi connectivity index (χ1v) is 9.03. The molecule has 1 fully saturated rings. The highest BCUT2D eigenvalue weighted by atomic mass is 16.5. The number of ether oxygens (including phenoxy) is 4. The van der Waals surface area contributed by atoms with Crippen molar-refractivity contribution in [2.45, 2.75) is 25.5 Å². The smallest absolute Gasteiger partial charge is 0.251 e. The minimum Gasteiger partial charge on any atom is -0.497 e. The zero-order chi connectivity index (χ0) is 19.1. The van der Waals surface area contributed by atoms with E-state index in [1.165, 1.54) is 0 Å². The van der Waals surface area contributed by atoms with Crippen molar-refractivity contribution >= 4 is 5.91 Å². The van der Waals surface area contributed by atoms with Crippen LogP contribution in [0.5, 0.6) is 17.2 Å². The van der Waals surface area contributed by atoms with Crippen molar-refractivity contribution in [3.8, 4) is 17.2 Å². The average Bonchev–Trinajstić information content (AvgIpc) is 3.24. The van der Waals surface area contributed by atoms with Crippen molar-refractivity contribution in [1.29, 1.82) is 0 Å². The van der Waals surface area contributed by atoms with E-state index in [9.17, 15) is 4.79 Å². The molecule has 1 atom stereocenters. The van der Waals surface area contributed by atoms with Gasteiger partial charge in [-0.15, -0.1) is 0 Å². The molecular weight excluding hydrogens is 346 g/mol. The highest BCUT2D eigenvalue weighted by molar-refractivity contribution is 5.94. The van der Waals surface area contributed by atoms with Crippen LogP contribution in [0.2, 0.25) is 0 Å². The van der Waals surface area contributed by atoms with Crippen LogP contribution < -0.4 is 19.5 Å². The first-order chi connectivity index (χ1) is 13.2. The quantitative estimate of drug-likeness (QED) is 0.772. The average molecular weight is 371 g/mol. The van der Waals surface area contributed by atoms with E-state index in [4.69, 9.17) is 18.9 Å². The number of carbonyl (C=O) groups is 1. The lowest BCUT2D eigenvalue weighted by atomic mass is 10.1. The maximum Gasteiger partial charge on any atom is 0.251 e. The fourth-order valence-corrected chi connectivity index (χ4v) is 2.94. The Kier molecular flexibility index (Phi) is 6.54. The van der Waals surface area contributed by atoms with E-state index >= 15 is 0 Å². The molecule has 2 aromatic carbocycles. The second kappa shape index (κ2) is 9.28. The molecule has 0 saturated carbocycles. The Morgan fingerprint density at radius 1 is 1.11 bits per heavy atom. The van der Waals surface area contributed by atoms with E-state index in [1.54, 1.807) is 44.6 Å². The maximum absolute atomic E-state index is 12.4. The molecule has 1 N–H and O–H groups in total. The summed E-state index contributed by atoms with van der Waals surface area (Å²) in [5.74, 6) is 1.96. The first-order valence-electron chi connectivity index (χ1n) is 9.03. The van der Waals surface area contributed by atoms with E-state index in [1.807, 2.05) is 12.1 Å². The van der Waals surface area contributed by atoms with Crippen molar-refractivity contribution in [3.05, 3.63) is 53.6 Å². The lowest BCUT2D eigenvalue weighted by Gasteiger charge is -2.13. The molecule has 1 unspecified atom stereocenters. The van der Waals surface area contributed by atoms with Gasteiger partial charge in [0.15, 0.2) is 0 Å². The van der Waals surface area contributed by atoms with Gasteiger partial charge in [0.05, 0.1) is 20.3 Å². The van der Waals surface area contributed by atoms with Crippen LogP contribution in [0.3, 0.4) is 0 Å². The molecule has 144 valence electrons. The topological polar surface area (TPSA) is 66.0 Å². The molecular formula is C21H25NO5. The van der Waals surface area contributed by atoms with Crippen LogP contribution in [0.1, 0.15) is 28.8 Å². The van der Waals surface area contributed by atoms with Crippen molar-refractivity contribution in [2.24, 2.45) is 0 Å². The number of amides is 1. The van der Waals surface area contributed by atoms with E-state index in [0.717, 1.165) is 30.8 Å². The van der Waals surface area contributed by atoms with Gasteiger partial charge in [-0.05, 0) is 49.2 Å². The highest BCUT2D eigenvalue weighted by Gasteiger charge is 2.16. The molecule has 0 radical (unpaired) electrons. The van der Waals surface area contributed by atoms with Crippen molar-refractivity contribution in [3.63, 3.8) is 0 Å². The minimum absolute atomic E-state index is 0.154. The number of carbonyl (C=O) groups excluding carboxylic acids is 1. The standard InChI is InChI=1S/C21H25NO5/c1-24-18-10-7-16(20(12-18)25-2)13-22-21(23)15-5-8-17(9-6-15)27-14-19-4-3-11-26-19/h5-10,12,19H,3-4,11,13-14H2,1-2H3,(H,22,23). The molecule has 6 heteroatoms. The predicted molar refractivity (Wildman–Crippen MR) is 102 cm³/mol. The van der Waals surface area contributed by atoms with Crippen LogP contribution in [0.25, 0.3) is 0 Å². The fourth-order valence-electron chi connectivity index (χ4n) is 2.94. The molecule has 0 aromatic heterocycles. The molecule has 0 bridgehead atoms. The number of nitrogens with one attached hydrogen (secondary N) is 1. The zero-order valence-corrected chi connectivity index (χ0v) is 15.7. The minimum atomic E-state index is -0.154. The summed E-state index contributed by atoms with van der Waals surface area (Å²) in [5, 5.41) is 2.90. The Morgan fingerprint density at radius 2 is 1.89 bits per heavy atom. The van der Waals surface area contributed by atoms with Crippen LogP contribution >= 0.6 is 0 Å². The molecule has 1 aliphatic heterocycles. The van der Waals surface area contributed by atoms with Gasteiger partial charge in [0.2, 0.25) is 0 Å². The molecule has 3 rings (SSSR count). The summed E-state index contributed by atoms with van der Waals surface area (Å²) in [6, 6.07) is 12.6. The molecule has 0 aliphatic carbocycles. The van der Waals surface area contributed by atoms with Gasteiger partial charge in [0.25, 0.3) is 5.91 Å². The summed E-state index contributed by atoms with van der Waals surface area (Å²) in [6.07, 6.45) is 2.30. The largest absolute Gasteiger partial charge is 0.497 e. The van der Waals surface area contributed by atoms with Gasteiger partial charge in [-0.2, -0.15) is 0 Å². The van der Waals surface area contributed by atoms with Gasteiger partial charge in [-0.3, -0.25) is 4.79 Å². The van der Waals surface area contributed by atoms with Gasteiger partial charge in [0, 0.05) is 30.3 Å². The molecule has 1 aliphatic rings. The van der Waals surface area contributed by atoms with Gasteiger partial charge in [0.1, 0.15) is 23.9 Å². The summed E-state index contributed by atoms with van der Waals surface area (Å²) in [7, 11) is 3.19. The van der Waals surface area contributed by atoms with Crippen molar-refractivity contribution in [2.75, 3.05) is 27.4 Å². The van der Waals surface area contributed by atoms with E-state index in [-0.39, 0.29) is 12.0 Å². The molecule has 6 nitrogen and oxygen atoms in total. The molecule has 1 amide bonds. The van der Waals surface area contributed by atoms with E-state index in [2.05, 4.69) is 5.32 Å². The van der Waals surface area contributed by atoms with Gasteiger partial charge in [-0.25, -0.2) is 0 Å². The van der Waals surface area contributed by atoms with Crippen LogP contribution in [-0.4, -0.2) is 39.4 Å². The first kappa shape index (κ1) is 19.0. The summed E-state index contributed by atoms with van der Waals surface area (Å²) in [4.78, 5) is 12.4. The summed E-state index contributed by atoms with van der Waals surface area (Å²) < 4.78 is 21.8. The maximum atomic E-state index is 12.4. The van der Waals surface area contributed by atoms with Crippen molar-refractivity contribution < 1.29 is 23.7 Å². The Labute approximate surface area is 159 Å². The monoisotopic (exact) mass is 371 g/mol. The molecule has 1 heterocycles. The molecule has 1 saturated heterocycles. The summed E-state index contributed by atoms with van der Waals surface area (Å²) in [5.41, 5.74) is 1.45. The lowest BCUT2D eigenvalue weighted by molar-refractivity contribution is 0.0679. The van der Waals surface area contributed by atoms with E-state index < -0.39 is 0 Å². The second-order valence-corrected chi connectivity index (χ2v) is 6.33. The third-order valence-electron chi connectivity index (χ3n) is 4.51. The van der Waals surface area contributed by atoms with Gasteiger partial charge >= 0.3 is 0 Å². The highest BCUT2D eigenvalue weighted by Crippen LogP contribution is 2.24. The second-order valence-electron chi connectivity index (χ2n) is 6.33. The summed E-state index contributed by atoms with van der Waals surface area (Å²) >= 11 is 0. The number of rotatable bonds is 8. The molecule has 27 heavy (non-hydrogen) atoms. The normalized spacial score (nSPS) is 16.0. The lowest BCUT2D eigenvalue weighted by Crippen LogP contribution is -2.23. The van der Waals surface area contributed by atoms with Crippen LogP contribution in [0.4, 0.5) is 0 Å². The van der Waals surface area contributed by atoms with Gasteiger partial charge < -0.3 is 24.3 Å². The number of hydrogen-bond donors (Lipinski definition) is 1. The third kappa shape index (κ3) is 5.14. The number of methoxy groups -OCH3 is 2. The Morgan fingerprint density at radius 3 is 2.56 bits per heavy atom. The summed E-state index contributed by atoms with van der Waals surface area (Å²) in [6.45, 7) is 1.72. The Bertz CT molecular complexity index is 754. The Hall–Kier alpha value is -2.73. The number of benzene rings is 2. The fraction of sp³-hybridized carbons (Fsp3) is 0.381. The molecule has 0 spiro atoms. The Balaban J connectivity index is 1.53. The van der Waals surface area contributed by atoms with Gasteiger partial charge in [-0.1, -0.05) is 0 Å². The zero-order valence-electron chi connectivity index (χ0n) is 15.7. The number of hydrogen-bond acceptors (Lipinski definition) is 5. The van der Waals surface area contributed by atoms with Crippen LogP contribution in [-0.2, 0) is 11.3 Å². The van der Waals surface area contributed by atoms with Crippen LogP contribution in [0.15, 0.2) is 42.5 Å². The van der Waals surface area contributed by atoms with Crippen molar-refractivity contribution in [1.82, 2.24) is 5.32 Å². The SMILES string of the molecule is COc1ccc(CNC(=O)c2ccc(OCC3CCCO3)cc2)c(OC)c1.